The predicted octanol–water partition coefficient (Wildman–Crippen LogP) is -0.186. The van der Waals surface area contributed by atoms with Crippen LogP contribution in [0.1, 0.15) is 6.42 Å². The highest BCUT2D eigenvalue weighted by Gasteiger charge is 1.91. The van der Waals surface area contributed by atoms with Crippen molar-refractivity contribution in [1.82, 2.24) is 9.55 Å². The molecule has 0 bridgehead atoms. The van der Waals surface area contributed by atoms with E-state index in [0.717, 1.165) is 13.0 Å². The fourth-order valence-electron chi connectivity index (χ4n) is 0.774. The van der Waals surface area contributed by atoms with Gasteiger partial charge in [0.2, 0.25) is 0 Å². The molecule has 0 spiro atoms. The number of nitrogen functional groups attached to an aromatic ring is 1. The van der Waals surface area contributed by atoms with Gasteiger partial charge in [-0.2, -0.15) is 0 Å². The number of nitrogens with zero attached hydrogens (tertiary/aromatic N) is 2. The van der Waals surface area contributed by atoms with Gasteiger partial charge in [0.1, 0.15) is 5.82 Å². The molecule has 4 heteroatoms. The van der Waals surface area contributed by atoms with Crippen LogP contribution < -0.4 is 11.5 Å². The third kappa shape index (κ3) is 1.73. The molecule has 1 aromatic rings. The largest absolute Gasteiger partial charge is 0.382 e. The second-order valence-electron chi connectivity index (χ2n) is 2.18. The lowest BCUT2D eigenvalue weighted by molar-refractivity contribution is 0.650. The predicted molar refractivity (Wildman–Crippen MR) is 40.3 cm³/mol. The number of rotatable bonds is 3. The van der Waals surface area contributed by atoms with Crippen LogP contribution in [0.15, 0.2) is 12.5 Å². The zero-order valence-electron chi connectivity index (χ0n) is 5.83. The van der Waals surface area contributed by atoms with E-state index in [0.29, 0.717) is 12.4 Å². The summed E-state index contributed by atoms with van der Waals surface area (Å²) in [6, 6.07) is 0. The smallest absolute Gasteiger partial charge is 0.141 e. The summed E-state index contributed by atoms with van der Waals surface area (Å²) in [4.78, 5) is 3.87. The highest BCUT2D eigenvalue weighted by Crippen LogP contribution is 1.96. The van der Waals surface area contributed by atoms with E-state index in [2.05, 4.69) is 4.98 Å². The minimum Gasteiger partial charge on any atom is -0.382 e. The quantitative estimate of drug-likeness (QED) is 0.611. The number of imidazole rings is 1. The lowest BCUT2D eigenvalue weighted by Gasteiger charge is -1.96. The molecule has 0 aliphatic carbocycles. The number of anilines is 1. The van der Waals surface area contributed by atoms with Gasteiger partial charge in [-0.05, 0) is 13.0 Å². The molecule has 0 aliphatic heterocycles. The van der Waals surface area contributed by atoms with Crippen LogP contribution in [0.5, 0.6) is 0 Å². The van der Waals surface area contributed by atoms with Gasteiger partial charge in [0.25, 0.3) is 0 Å². The van der Waals surface area contributed by atoms with E-state index in [1.165, 1.54) is 0 Å². The first-order valence-corrected chi connectivity index (χ1v) is 3.30. The van der Waals surface area contributed by atoms with E-state index in [9.17, 15) is 0 Å². The molecular weight excluding hydrogens is 128 g/mol. The van der Waals surface area contributed by atoms with Crippen molar-refractivity contribution in [2.75, 3.05) is 12.3 Å². The molecular formula is C6H12N4. The second-order valence-corrected chi connectivity index (χ2v) is 2.18. The molecule has 4 nitrogen and oxygen atoms in total. The third-order valence-corrected chi connectivity index (χ3v) is 1.27. The molecule has 56 valence electrons. The van der Waals surface area contributed by atoms with Crippen molar-refractivity contribution < 1.29 is 0 Å². The molecule has 0 radical (unpaired) electrons. The maximum atomic E-state index is 5.39. The molecule has 0 saturated heterocycles. The van der Waals surface area contributed by atoms with Crippen molar-refractivity contribution in [3.63, 3.8) is 0 Å². The second kappa shape index (κ2) is 3.22. The Morgan fingerprint density at radius 1 is 1.60 bits per heavy atom. The van der Waals surface area contributed by atoms with Crippen molar-refractivity contribution in [3.05, 3.63) is 12.5 Å². The van der Waals surface area contributed by atoms with Crippen molar-refractivity contribution in [2.45, 2.75) is 13.0 Å². The maximum Gasteiger partial charge on any atom is 0.141 e. The Balaban J connectivity index is 2.42. The standard InChI is InChI=1S/C6H12N4/c7-2-1-3-10-4-6(8)9-5-10/h4-5H,1-3,7-8H2. The summed E-state index contributed by atoms with van der Waals surface area (Å²) in [7, 11) is 0. The molecule has 0 aromatic carbocycles. The number of nitrogens with two attached hydrogens (primary N) is 2. The fraction of sp³-hybridized carbons (Fsp3) is 0.500. The monoisotopic (exact) mass is 140 g/mol. The number of hydrogen-bond donors (Lipinski definition) is 2. The van der Waals surface area contributed by atoms with Crippen LogP contribution in [0.3, 0.4) is 0 Å². The Morgan fingerprint density at radius 3 is 2.90 bits per heavy atom. The van der Waals surface area contributed by atoms with E-state index in [1.807, 2.05) is 4.57 Å². The van der Waals surface area contributed by atoms with Crippen LogP contribution in [0, 0.1) is 0 Å². The topological polar surface area (TPSA) is 69.9 Å². The van der Waals surface area contributed by atoms with E-state index in [-0.39, 0.29) is 0 Å². The molecule has 0 unspecified atom stereocenters. The molecule has 0 fully saturated rings. The highest BCUT2D eigenvalue weighted by atomic mass is 15.1. The normalized spacial score (nSPS) is 10.1. The van der Waals surface area contributed by atoms with Gasteiger partial charge >= 0.3 is 0 Å². The van der Waals surface area contributed by atoms with Gasteiger partial charge in [-0.3, -0.25) is 0 Å². The van der Waals surface area contributed by atoms with Crippen LogP contribution in [0.2, 0.25) is 0 Å². The van der Waals surface area contributed by atoms with Crippen LogP contribution in [-0.2, 0) is 6.54 Å². The number of hydrogen-bond acceptors (Lipinski definition) is 3. The zero-order valence-corrected chi connectivity index (χ0v) is 5.83. The molecule has 0 atom stereocenters. The van der Waals surface area contributed by atoms with Crippen molar-refractivity contribution in [3.8, 4) is 0 Å². The van der Waals surface area contributed by atoms with Crippen molar-refractivity contribution in [2.24, 2.45) is 5.73 Å². The average molecular weight is 140 g/mol. The van der Waals surface area contributed by atoms with E-state index >= 15 is 0 Å². The van der Waals surface area contributed by atoms with Gasteiger partial charge in [0.05, 0.1) is 6.33 Å². The molecule has 1 rings (SSSR count). The van der Waals surface area contributed by atoms with E-state index < -0.39 is 0 Å². The summed E-state index contributed by atoms with van der Waals surface area (Å²) in [5.41, 5.74) is 10.7. The third-order valence-electron chi connectivity index (χ3n) is 1.27. The van der Waals surface area contributed by atoms with E-state index in [1.54, 1.807) is 12.5 Å². The van der Waals surface area contributed by atoms with Crippen molar-refractivity contribution >= 4 is 5.82 Å². The van der Waals surface area contributed by atoms with Crippen LogP contribution >= 0.6 is 0 Å². The summed E-state index contributed by atoms with van der Waals surface area (Å²) in [5.74, 6) is 0.567. The SMILES string of the molecule is NCCCn1cnc(N)c1. The van der Waals surface area contributed by atoms with Crippen molar-refractivity contribution in [1.29, 1.82) is 0 Å². The lowest BCUT2D eigenvalue weighted by Crippen LogP contribution is -2.03. The number of aryl methyl sites for hydroxylation is 1. The molecule has 10 heavy (non-hydrogen) atoms. The molecule has 0 aliphatic rings. The first kappa shape index (κ1) is 7.08. The molecule has 0 amide bonds. The minimum atomic E-state index is 0.567. The lowest BCUT2D eigenvalue weighted by atomic mass is 10.4. The Hall–Kier alpha value is -1.03. The maximum absolute atomic E-state index is 5.39. The van der Waals surface area contributed by atoms with Gasteiger partial charge in [-0.1, -0.05) is 0 Å². The van der Waals surface area contributed by atoms with E-state index in [4.69, 9.17) is 11.5 Å². The molecule has 1 heterocycles. The summed E-state index contributed by atoms with van der Waals surface area (Å²) in [6.07, 6.45) is 4.48. The summed E-state index contributed by atoms with van der Waals surface area (Å²) in [6.45, 7) is 1.61. The Labute approximate surface area is 59.8 Å². The highest BCUT2D eigenvalue weighted by molar-refractivity contribution is 5.22. The van der Waals surface area contributed by atoms with Gasteiger partial charge in [-0.15, -0.1) is 0 Å². The molecule has 4 N–H and O–H groups in total. The first-order chi connectivity index (χ1) is 4.83. The van der Waals surface area contributed by atoms with Gasteiger partial charge < -0.3 is 16.0 Å². The Morgan fingerprint density at radius 2 is 2.40 bits per heavy atom. The Kier molecular flexibility index (Phi) is 2.28. The van der Waals surface area contributed by atoms with Crippen LogP contribution in [0.4, 0.5) is 5.82 Å². The Bertz CT molecular complexity index is 193. The summed E-state index contributed by atoms with van der Waals surface area (Å²) < 4.78 is 1.93. The van der Waals surface area contributed by atoms with Gasteiger partial charge in [0.15, 0.2) is 0 Å². The van der Waals surface area contributed by atoms with Gasteiger partial charge in [-0.25, -0.2) is 4.98 Å². The molecule has 0 saturated carbocycles. The fourth-order valence-corrected chi connectivity index (χ4v) is 0.774. The summed E-state index contributed by atoms with van der Waals surface area (Å²) >= 11 is 0. The number of aromatic nitrogens is 2. The van der Waals surface area contributed by atoms with Gasteiger partial charge in [0, 0.05) is 12.7 Å². The minimum absolute atomic E-state index is 0.567. The first-order valence-electron chi connectivity index (χ1n) is 3.30. The zero-order chi connectivity index (χ0) is 7.40. The molecule has 1 aromatic heterocycles. The average Bonchev–Trinajstić information content (AvgIpc) is 2.31. The summed E-state index contributed by atoms with van der Waals surface area (Å²) in [5, 5.41) is 0. The van der Waals surface area contributed by atoms with Crippen LogP contribution in [-0.4, -0.2) is 16.1 Å². The van der Waals surface area contributed by atoms with Crippen LogP contribution in [0.25, 0.3) is 0 Å².